The van der Waals surface area contributed by atoms with Crippen molar-refractivity contribution in [3.05, 3.63) is 53.1 Å². The number of rotatable bonds is 8. The van der Waals surface area contributed by atoms with Crippen LogP contribution in [-0.2, 0) is 14.8 Å². The Labute approximate surface area is 177 Å². The maximum atomic E-state index is 12.5. The van der Waals surface area contributed by atoms with Gasteiger partial charge in [0.15, 0.2) is 11.5 Å². The van der Waals surface area contributed by atoms with E-state index in [2.05, 4.69) is 10.5 Å². The van der Waals surface area contributed by atoms with Crippen LogP contribution in [0, 0.1) is 13.8 Å². The highest BCUT2D eigenvalue weighted by molar-refractivity contribution is 7.92. The normalized spacial score (nSPS) is 11.7. The average Bonchev–Trinajstić information content (AvgIpc) is 2.71. The maximum absolute atomic E-state index is 12.5. The van der Waals surface area contributed by atoms with Crippen molar-refractivity contribution >= 4 is 27.3 Å². The summed E-state index contributed by atoms with van der Waals surface area (Å²) >= 11 is 0. The Morgan fingerprint density at radius 3 is 2.37 bits per heavy atom. The number of ether oxygens (including phenoxy) is 2. The molecule has 0 aliphatic rings. The molecule has 2 rings (SSSR count). The molecule has 1 amide bonds. The smallest absolute Gasteiger partial charge is 0.260 e. The Balaban J connectivity index is 2.21. The predicted molar refractivity (Wildman–Crippen MR) is 118 cm³/mol. The van der Waals surface area contributed by atoms with E-state index < -0.39 is 15.9 Å². The zero-order valence-electron chi connectivity index (χ0n) is 18.0. The zero-order chi connectivity index (χ0) is 22.5. The number of hydrogen-bond acceptors (Lipinski definition) is 6. The number of nitrogens with zero attached hydrogens (tertiary/aromatic N) is 2. The number of aryl methyl sites for hydroxylation is 1. The van der Waals surface area contributed by atoms with E-state index in [0.29, 0.717) is 22.9 Å². The molecule has 0 fully saturated rings. The van der Waals surface area contributed by atoms with E-state index in [0.717, 1.165) is 27.3 Å². The summed E-state index contributed by atoms with van der Waals surface area (Å²) in [5.41, 5.74) is 5.87. The molecule has 162 valence electrons. The monoisotopic (exact) mass is 433 g/mol. The zero-order valence-corrected chi connectivity index (χ0v) is 18.8. The number of amides is 1. The number of carbonyl (C=O) groups excluding carboxylic acids is 1. The van der Waals surface area contributed by atoms with Crippen LogP contribution in [0.4, 0.5) is 5.69 Å². The average molecular weight is 434 g/mol. The maximum Gasteiger partial charge on any atom is 0.260 e. The lowest BCUT2D eigenvalue weighted by Crippen LogP contribution is -2.39. The largest absolute Gasteiger partial charge is 0.493 e. The summed E-state index contributed by atoms with van der Waals surface area (Å²) in [5, 5.41) is 4.09. The molecule has 0 aliphatic carbocycles. The lowest BCUT2D eigenvalue weighted by Gasteiger charge is -2.24. The van der Waals surface area contributed by atoms with E-state index in [4.69, 9.17) is 9.47 Å². The Morgan fingerprint density at radius 2 is 1.77 bits per heavy atom. The Bertz CT molecular complexity index is 1060. The first kappa shape index (κ1) is 23.2. The first-order valence-corrected chi connectivity index (χ1v) is 11.0. The van der Waals surface area contributed by atoms with Gasteiger partial charge in [0.1, 0.15) is 6.54 Å². The van der Waals surface area contributed by atoms with Crippen molar-refractivity contribution in [1.29, 1.82) is 0 Å². The van der Waals surface area contributed by atoms with Gasteiger partial charge in [0.25, 0.3) is 5.91 Å². The van der Waals surface area contributed by atoms with Gasteiger partial charge in [-0.05, 0) is 56.2 Å². The molecule has 0 saturated heterocycles. The van der Waals surface area contributed by atoms with Gasteiger partial charge in [-0.15, -0.1) is 0 Å². The number of carbonyl (C=O) groups is 1. The van der Waals surface area contributed by atoms with Crippen molar-refractivity contribution in [3.8, 4) is 11.5 Å². The van der Waals surface area contributed by atoms with E-state index in [1.807, 2.05) is 19.9 Å². The second-order valence-electron chi connectivity index (χ2n) is 6.79. The Hall–Kier alpha value is -3.07. The van der Waals surface area contributed by atoms with Crippen LogP contribution in [0.25, 0.3) is 0 Å². The van der Waals surface area contributed by atoms with Crippen LogP contribution in [0.5, 0.6) is 11.5 Å². The van der Waals surface area contributed by atoms with Crippen LogP contribution in [-0.4, -0.2) is 47.1 Å². The van der Waals surface area contributed by atoms with Gasteiger partial charge in [-0.3, -0.25) is 9.10 Å². The van der Waals surface area contributed by atoms with Gasteiger partial charge >= 0.3 is 0 Å². The van der Waals surface area contributed by atoms with Crippen LogP contribution in [0.15, 0.2) is 41.5 Å². The second-order valence-corrected chi connectivity index (χ2v) is 8.70. The summed E-state index contributed by atoms with van der Waals surface area (Å²) in [5.74, 6) is 0.561. The van der Waals surface area contributed by atoms with Crippen LogP contribution in [0.2, 0.25) is 0 Å². The minimum Gasteiger partial charge on any atom is -0.493 e. The topological polar surface area (TPSA) is 97.3 Å². The van der Waals surface area contributed by atoms with Crippen molar-refractivity contribution in [2.75, 3.05) is 31.3 Å². The van der Waals surface area contributed by atoms with Gasteiger partial charge in [-0.25, -0.2) is 13.8 Å². The van der Waals surface area contributed by atoms with E-state index in [9.17, 15) is 13.2 Å². The highest BCUT2D eigenvalue weighted by Crippen LogP contribution is 2.28. The van der Waals surface area contributed by atoms with Crippen molar-refractivity contribution < 1.29 is 22.7 Å². The minimum absolute atomic E-state index is 0.383. The van der Waals surface area contributed by atoms with E-state index in [-0.39, 0.29) is 6.54 Å². The first-order chi connectivity index (χ1) is 14.1. The Morgan fingerprint density at radius 1 is 1.10 bits per heavy atom. The SMILES string of the molecule is COc1ccc(C(C)=NNC(=O)CN(c2cccc(C)c2C)S(C)(=O)=O)cc1OC. The van der Waals surface area contributed by atoms with Crippen LogP contribution >= 0.6 is 0 Å². The molecule has 8 nitrogen and oxygen atoms in total. The predicted octanol–water partition coefficient (Wildman–Crippen LogP) is 2.63. The molecular formula is C21H27N3O5S. The second kappa shape index (κ2) is 9.62. The highest BCUT2D eigenvalue weighted by Gasteiger charge is 2.22. The molecule has 1 N–H and O–H groups in total. The van der Waals surface area contributed by atoms with Gasteiger partial charge in [-0.2, -0.15) is 5.10 Å². The molecule has 0 radical (unpaired) electrons. The molecule has 0 bridgehead atoms. The van der Waals surface area contributed by atoms with Crippen molar-refractivity contribution in [1.82, 2.24) is 5.43 Å². The molecule has 0 heterocycles. The fraction of sp³-hybridized carbons (Fsp3) is 0.333. The van der Waals surface area contributed by atoms with Crippen molar-refractivity contribution in [3.63, 3.8) is 0 Å². The standard InChI is InChI=1S/C21H27N3O5S/c1-14-8-7-9-18(15(14)2)24(30(6,26)27)13-21(25)23-22-16(3)17-10-11-19(28-4)20(12-17)29-5/h7-12H,13H2,1-6H3,(H,23,25). The van der Waals surface area contributed by atoms with Gasteiger partial charge in [0, 0.05) is 5.56 Å². The number of hydrazone groups is 1. The van der Waals surface area contributed by atoms with Gasteiger partial charge in [0.05, 0.1) is 31.9 Å². The minimum atomic E-state index is -3.67. The molecule has 0 atom stereocenters. The number of methoxy groups -OCH3 is 2. The van der Waals surface area contributed by atoms with Crippen LogP contribution < -0.4 is 19.2 Å². The fourth-order valence-electron chi connectivity index (χ4n) is 2.82. The summed E-state index contributed by atoms with van der Waals surface area (Å²) in [6.07, 6.45) is 1.07. The molecule has 0 unspecified atom stereocenters. The third-order valence-electron chi connectivity index (χ3n) is 4.68. The lowest BCUT2D eigenvalue weighted by atomic mass is 10.1. The van der Waals surface area contributed by atoms with E-state index in [1.165, 1.54) is 7.11 Å². The summed E-state index contributed by atoms with van der Waals surface area (Å²) in [6.45, 7) is 5.04. The molecule has 2 aromatic carbocycles. The highest BCUT2D eigenvalue weighted by atomic mass is 32.2. The summed E-state index contributed by atoms with van der Waals surface area (Å²) in [4.78, 5) is 12.5. The number of nitrogens with one attached hydrogen (secondary N) is 1. The quantitative estimate of drug-likeness (QED) is 0.510. The molecule has 9 heteroatoms. The summed E-state index contributed by atoms with van der Waals surface area (Å²) in [7, 11) is -0.592. The van der Waals surface area contributed by atoms with Gasteiger partial charge in [-0.1, -0.05) is 12.1 Å². The van der Waals surface area contributed by atoms with Crippen molar-refractivity contribution in [2.24, 2.45) is 5.10 Å². The molecule has 0 saturated carbocycles. The lowest BCUT2D eigenvalue weighted by molar-refractivity contribution is -0.119. The third-order valence-corrected chi connectivity index (χ3v) is 5.81. The number of sulfonamides is 1. The first-order valence-electron chi connectivity index (χ1n) is 9.18. The number of benzene rings is 2. The summed E-state index contributed by atoms with van der Waals surface area (Å²) < 4.78 is 36.2. The molecule has 0 aliphatic heterocycles. The molecule has 2 aromatic rings. The number of anilines is 1. The van der Waals surface area contributed by atoms with Crippen LogP contribution in [0.3, 0.4) is 0 Å². The Kier molecular flexibility index (Phi) is 7.44. The van der Waals surface area contributed by atoms with Crippen molar-refractivity contribution in [2.45, 2.75) is 20.8 Å². The molecule has 30 heavy (non-hydrogen) atoms. The number of hydrogen-bond donors (Lipinski definition) is 1. The molecular weight excluding hydrogens is 406 g/mol. The van der Waals surface area contributed by atoms with E-state index in [1.54, 1.807) is 44.4 Å². The summed E-state index contributed by atoms with van der Waals surface area (Å²) in [6, 6.07) is 10.6. The van der Waals surface area contributed by atoms with Gasteiger partial charge in [0.2, 0.25) is 10.0 Å². The fourth-order valence-corrected chi connectivity index (χ4v) is 3.73. The molecule has 0 spiro atoms. The van der Waals surface area contributed by atoms with E-state index >= 15 is 0 Å². The molecule has 0 aromatic heterocycles. The van der Waals surface area contributed by atoms with Gasteiger partial charge < -0.3 is 9.47 Å². The third kappa shape index (κ3) is 5.50. The van der Waals surface area contributed by atoms with Crippen LogP contribution in [0.1, 0.15) is 23.6 Å².